The van der Waals surface area contributed by atoms with Crippen molar-refractivity contribution in [3.8, 4) is 11.5 Å². The van der Waals surface area contributed by atoms with Gasteiger partial charge in [0.1, 0.15) is 0 Å². The molecule has 1 aromatic rings. The Bertz CT molecular complexity index is 414. The number of hydrogen-bond acceptors (Lipinski definition) is 3. The van der Waals surface area contributed by atoms with E-state index in [1.54, 1.807) is 6.07 Å². The molecule has 1 aromatic carbocycles. The van der Waals surface area contributed by atoms with Gasteiger partial charge in [0, 0.05) is 11.6 Å². The first kappa shape index (κ1) is 13.0. The zero-order valence-electron chi connectivity index (χ0n) is 9.63. The van der Waals surface area contributed by atoms with Gasteiger partial charge in [0.05, 0.1) is 0 Å². The molecule has 0 aromatic heterocycles. The van der Waals surface area contributed by atoms with Crippen LogP contribution >= 0.6 is 0 Å². The molecule has 0 aliphatic carbocycles. The molecule has 1 saturated heterocycles. The first-order valence-corrected chi connectivity index (χ1v) is 5.78. The third-order valence-corrected chi connectivity index (χ3v) is 2.94. The topological polar surface area (TPSA) is 41.5 Å². The predicted octanol–water partition coefficient (Wildman–Crippen LogP) is 3.11. The summed E-state index contributed by atoms with van der Waals surface area (Å²) in [6.45, 7) is 0.800. The van der Waals surface area contributed by atoms with E-state index >= 15 is 0 Å². The number of hydrogen-bond donors (Lipinski definition) is 2. The molecule has 0 spiro atoms. The summed E-state index contributed by atoms with van der Waals surface area (Å²) in [4.78, 5) is 0. The van der Waals surface area contributed by atoms with Crippen LogP contribution in [0.15, 0.2) is 18.2 Å². The van der Waals surface area contributed by atoms with Gasteiger partial charge in [-0.25, -0.2) is 0 Å². The van der Waals surface area contributed by atoms with E-state index in [0.29, 0.717) is 5.56 Å². The normalized spacial score (nSPS) is 20.7. The van der Waals surface area contributed by atoms with E-state index in [1.165, 1.54) is 6.07 Å². The Morgan fingerprint density at radius 3 is 2.67 bits per heavy atom. The second-order valence-corrected chi connectivity index (χ2v) is 4.24. The molecule has 100 valence electrons. The number of phenols is 1. The molecule has 1 fully saturated rings. The van der Waals surface area contributed by atoms with Gasteiger partial charge >= 0.3 is 6.36 Å². The number of aromatic hydroxyl groups is 1. The molecule has 0 radical (unpaired) electrons. The number of nitrogens with one attached hydrogen (secondary N) is 1. The molecule has 6 heteroatoms. The lowest BCUT2D eigenvalue weighted by Crippen LogP contribution is -2.27. The highest BCUT2D eigenvalue weighted by atomic mass is 19.4. The van der Waals surface area contributed by atoms with Gasteiger partial charge < -0.3 is 15.2 Å². The van der Waals surface area contributed by atoms with Crippen LogP contribution in [0.3, 0.4) is 0 Å². The summed E-state index contributed by atoms with van der Waals surface area (Å²) in [5, 5.41) is 13.0. The maximum atomic E-state index is 12.1. The second kappa shape index (κ2) is 5.06. The van der Waals surface area contributed by atoms with Crippen molar-refractivity contribution in [3.05, 3.63) is 23.8 Å². The summed E-state index contributed by atoms with van der Waals surface area (Å²) in [5.41, 5.74) is 0.455. The smallest absolute Gasteiger partial charge is 0.504 e. The molecule has 0 bridgehead atoms. The highest BCUT2D eigenvalue weighted by molar-refractivity contribution is 5.47. The van der Waals surface area contributed by atoms with E-state index in [-0.39, 0.29) is 6.04 Å². The number of halogens is 3. The summed E-state index contributed by atoms with van der Waals surface area (Å²) in [6.07, 6.45) is -1.98. The maximum absolute atomic E-state index is 12.1. The first-order chi connectivity index (χ1) is 8.47. The number of rotatable bonds is 2. The summed E-state index contributed by atoms with van der Waals surface area (Å²) >= 11 is 0. The number of para-hydroxylation sites is 1. The molecule has 2 rings (SSSR count). The van der Waals surface area contributed by atoms with Gasteiger partial charge in [-0.1, -0.05) is 18.6 Å². The molecule has 18 heavy (non-hydrogen) atoms. The number of ether oxygens (including phenoxy) is 1. The largest absolute Gasteiger partial charge is 0.573 e. The molecule has 1 aliphatic rings. The van der Waals surface area contributed by atoms with Crippen molar-refractivity contribution < 1.29 is 23.0 Å². The average molecular weight is 261 g/mol. The Hall–Kier alpha value is -1.43. The lowest BCUT2D eigenvalue weighted by molar-refractivity contribution is -0.275. The number of piperidine rings is 1. The Labute approximate surface area is 103 Å². The zero-order chi connectivity index (χ0) is 13.2. The van der Waals surface area contributed by atoms with Crippen LogP contribution in [0.5, 0.6) is 11.5 Å². The molecule has 1 aliphatic heterocycles. The average Bonchev–Trinajstić information content (AvgIpc) is 2.31. The van der Waals surface area contributed by atoms with Crippen LogP contribution in [-0.4, -0.2) is 18.0 Å². The second-order valence-electron chi connectivity index (χ2n) is 4.24. The van der Waals surface area contributed by atoms with Crippen molar-refractivity contribution in [3.63, 3.8) is 0 Å². The molecule has 0 saturated carbocycles. The van der Waals surface area contributed by atoms with Gasteiger partial charge in [-0.05, 0) is 25.5 Å². The zero-order valence-corrected chi connectivity index (χ0v) is 9.63. The molecule has 1 atom stereocenters. The van der Waals surface area contributed by atoms with Crippen molar-refractivity contribution in [1.82, 2.24) is 5.32 Å². The standard InChI is InChI=1S/C12H14F3NO2/c13-12(14,15)18-10-6-3-4-8(11(10)17)9-5-1-2-7-16-9/h3-4,6,9,16-17H,1-2,5,7H2/t9-/m1/s1. The summed E-state index contributed by atoms with van der Waals surface area (Å²) in [6, 6.07) is 4.05. The lowest BCUT2D eigenvalue weighted by Gasteiger charge is -2.25. The van der Waals surface area contributed by atoms with Gasteiger partial charge in [0.25, 0.3) is 0 Å². The Morgan fingerprint density at radius 1 is 1.28 bits per heavy atom. The molecule has 2 N–H and O–H groups in total. The summed E-state index contributed by atoms with van der Waals surface area (Å²) in [7, 11) is 0. The van der Waals surface area contributed by atoms with Gasteiger partial charge in [-0.3, -0.25) is 0 Å². The van der Waals surface area contributed by atoms with Crippen LogP contribution in [0, 0.1) is 0 Å². The Kier molecular flexibility index (Phi) is 3.65. The third kappa shape index (κ3) is 3.07. The molecular formula is C12H14F3NO2. The molecule has 0 unspecified atom stereocenters. The van der Waals surface area contributed by atoms with Crippen molar-refractivity contribution in [2.24, 2.45) is 0 Å². The number of phenolic OH excluding ortho intramolecular Hbond substituents is 1. The minimum Gasteiger partial charge on any atom is -0.504 e. The van der Waals surface area contributed by atoms with Gasteiger partial charge in [-0.15, -0.1) is 13.2 Å². The van der Waals surface area contributed by atoms with E-state index in [2.05, 4.69) is 10.1 Å². The van der Waals surface area contributed by atoms with E-state index in [9.17, 15) is 18.3 Å². The van der Waals surface area contributed by atoms with Crippen molar-refractivity contribution >= 4 is 0 Å². The van der Waals surface area contributed by atoms with E-state index in [1.807, 2.05) is 0 Å². The highest BCUT2D eigenvalue weighted by Gasteiger charge is 2.33. The van der Waals surface area contributed by atoms with Gasteiger partial charge in [0.15, 0.2) is 11.5 Å². The SMILES string of the molecule is Oc1c(OC(F)(F)F)cccc1[C@H]1CCCCN1. The van der Waals surface area contributed by atoms with Crippen LogP contribution in [0.2, 0.25) is 0 Å². The monoisotopic (exact) mass is 261 g/mol. The quantitative estimate of drug-likeness (QED) is 0.859. The molecule has 1 heterocycles. The minimum atomic E-state index is -4.80. The van der Waals surface area contributed by atoms with Gasteiger partial charge in [0.2, 0.25) is 0 Å². The van der Waals surface area contributed by atoms with Crippen LogP contribution in [0.4, 0.5) is 13.2 Å². The van der Waals surface area contributed by atoms with E-state index in [0.717, 1.165) is 31.9 Å². The van der Waals surface area contributed by atoms with Crippen molar-refractivity contribution in [1.29, 1.82) is 0 Å². The third-order valence-electron chi connectivity index (χ3n) is 2.94. The predicted molar refractivity (Wildman–Crippen MR) is 59.4 cm³/mol. The minimum absolute atomic E-state index is 0.115. The fourth-order valence-electron chi connectivity index (χ4n) is 2.14. The molecule has 0 amide bonds. The Morgan fingerprint density at radius 2 is 2.06 bits per heavy atom. The molecular weight excluding hydrogens is 247 g/mol. The van der Waals surface area contributed by atoms with Crippen LogP contribution in [-0.2, 0) is 0 Å². The fourth-order valence-corrected chi connectivity index (χ4v) is 2.14. The van der Waals surface area contributed by atoms with E-state index in [4.69, 9.17) is 0 Å². The van der Waals surface area contributed by atoms with Gasteiger partial charge in [-0.2, -0.15) is 0 Å². The van der Waals surface area contributed by atoms with Crippen LogP contribution < -0.4 is 10.1 Å². The first-order valence-electron chi connectivity index (χ1n) is 5.78. The number of benzene rings is 1. The summed E-state index contributed by atoms with van der Waals surface area (Å²) in [5.74, 6) is -0.985. The van der Waals surface area contributed by atoms with Crippen LogP contribution in [0.25, 0.3) is 0 Å². The molecule has 3 nitrogen and oxygen atoms in total. The lowest BCUT2D eigenvalue weighted by atomic mass is 9.96. The Balaban J connectivity index is 2.23. The van der Waals surface area contributed by atoms with Crippen molar-refractivity contribution in [2.75, 3.05) is 6.54 Å². The van der Waals surface area contributed by atoms with Crippen LogP contribution in [0.1, 0.15) is 30.9 Å². The highest BCUT2D eigenvalue weighted by Crippen LogP contribution is 2.38. The summed E-state index contributed by atoms with van der Waals surface area (Å²) < 4.78 is 40.2. The fraction of sp³-hybridized carbons (Fsp3) is 0.500. The maximum Gasteiger partial charge on any atom is 0.573 e. The van der Waals surface area contributed by atoms with Crippen molar-refractivity contribution in [2.45, 2.75) is 31.7 Å². The number of alkyl halides is 3. The van der Waals surface area contributed by atoms with E-state index < -0.39 is 17.9 Å².